The normalized spacial score (nSPS) is 10.0. The fraction of sp³-hybridized carbons (Fsp3) is 0.467. The Bertz CT molecular complexity index is 387. The maximum Gasteiger partial charge on any atom is 0.119 e. The molecule has 0 saturated carbocycles. The number of aliphatic hydroxyl groups is 1. The zero-order chi connectivity index (χ0) is 13.2. The van der Waals surface area contributed by atoms with Crippen LogP contribution in [0.2, 0.25) is 0 Å². The van der Waals surface area contributed by atoms with Gasteiger partial charge in [-0.1, -0.05) is 25.7 Å². The van der Waals surface area contributed by atoms with Crippen molar-refractivity contribution < 1.29 is 9.84 Å². The summed E-state index contributed by atoms with van der Waals surface area (Å²) in [4.78, 5) is 0. The van der Waals surface area contributed by atoms with Crippen molar-refractivity contribution in [3.8, 4) is 17.6 Å². The van der Waals surface area contributed by atoms with Gasteiger partial charge < -0.3 is 9.84 Å². The van der Waals surface area contributed by atoms with Gasteiger partial charge in [0.2, 0.25) is 0 Å². The third kappa shape index (κ3) is 6.58. The average molecular weight is 264 g/mol. The molecule has 0 saturated heterocycles. The minimum absolute atomic E-state index is 0.113. The smallest absolute Gasteiger partial charge is 0.119 e. The second kappa shape index (κ2) is 8.91. The maximum absolute atomic E-state index is 8.62. The van der Waals surface area contributed by atoms with Crippen molar-refractivity contribution in [3.05, 3.63) is 29.8 Å². The first-order valence-corrected chi connectivity index (χ1v) is 7.21. The molecular weight excluding hydrogens is 244 g/mol. The molecule has 0 radical (unpaired) electrons. The highest BCUT2D eigenvalue weighted by molar-refractivity contribution is 7.99. The highest BCUT2D eigenvalue weighted by atomic mass is 32.2. The van der Waals surface area contributed by atoms with Gasteiger partial charge >= 0.3 is 0 Å². The first-order valence-electron chi connectivity index (χ1n) is 6.16. The van der Waals surface area contributed by atoms with E-state index < -0.39 is 0 Å². The number of benzene rings is 1. The summed E-state index contributed by atoms with van der Waals surface area (Å²) in [6.07, 6.45) is 0.519. The van der Waals surface area contributed by atoms with E-state index in [4.69, 9.17) is 9.84 Å². The molecule has 0 spiro atoms. The van der Waals surface area contributed by atoms with Crippen molar-refractivity contribution >= 4 is 11.8 Å². The number of hydrogen-bond acceptors (Lipinski definition) is 3. The first kappa shape index (κ1) is 14.9. The monoisotopic (exact) mass is 264 g/mol. The molecule has 1 aromatic carbocycles. The van der Waals surface area contributed by atoms with E-state index >= 15 is 0 Å². The third-order valence-corrected chi connectivity index (χ3v) is 3.20. The van der Waals surface area contributed by atoms with Crippen LogP contribution in [0.3, 0.4) is 0 Å². The number of rotatable bonds is 6. The Kier molecular flexibility index (Phi) is 7.40. The molecule has 2 nitrogen and oxygen atoms in total. The second-order valence-electron chi connectivity index (χ2n) is 4.07. The van der Waals surface area contributed by atoms with E-state index in [0.717, 1.165) is 23.7 Å². The molecule has 3 heteroatoms. The Hall–Kier alpha value is -1.11. The molecule has 98 valence electrons. The molecule has 1 N–H and O–H groups in total. The highest BCUT2D eigenvalue weighted by Crippen LogP contribution is 2.13. The van der Waals surface area contributed by atoms with E-state index in [2.05, 4.69) is 25.7 Å². The van der Waals surface area contributed by atoms with E-state index in [1.165, 1.54) is 0 Å². The predicted octanol–water partition coefficient (Wildman–Crippen LogP) is 2.94. The lowest BCUT2D eigenvalue weighted by Gasteiger charge is -2.07. The molecule has 0 aliphatic carbocycles. The van der Waals surface area contributed by atoms with Gasteiger partial charge in [0.1, 0.15) is 5.75 Å². The van der Waals surface area contributed by atoms with Crippen LogP contribution in [0.15, 0.2) is 24.3 Å². The Labute approximate surface area is 114 Å². The SMILES string of the molecule is CC(C)SCCOc1ccc(C#CCCO)cc1. The maximum atomic E-state index is 8.62. The largest absolute Gasteiger partial charge is 0.493 e. The molecule has 0 atom stereocenters. The number of hydrogen-bond donors (Lipinski definition) is 1. The van der Waals surface area contributed by atoms with Gasteiger partial charge in [0, 0.05) is 17.7 Å². The van der Waals surface area contributed by atoms with E-state index in [0.29, 0.717) is 11.7 Å². The van der Waals surface area contributed by atoms with E-state index in [9.17, 15) is 0 Å². The van der Waals surface area contributed by atoms with Crippen LogP contribution in [-0.2, 0) is 0 Å². The fourth-order valence-electron chi connectivity index (χ4n) is 1.30. The molecule has 0 unspecified atom stereocenters. The summed E-state index contributed by atoms with van der Waals surface area (Å²) in [5, 5.41) is 9.27. The van der Waals surface area contributed by atoms with E-state index in [1.807, 2.05) is 36.0 Å². The third-order valence-electron chi connectivity index (χ3n) is 2.13. The molecule has 1 aromatic rings. The summed E-state index contributed by atoms with van der Waals surface area (Å²) in [7, 11) is 0. The Morgan fingerprint density at radius 1 is 1.28 bits per heavy atom. The summed E-state index contributed by atoms with van der Waals surface area (Å²) in [6.45, 7) is 5.22. The van der Waals surface area contributed by atoms with Crippen LogP contribution in [0.25, 0.3) is 0 Å². The van der Waals surface area contributed by atoms with Crippen LogP contribution in [0.4, 0.5) is 0 Å². The highest BCUT2D eigenvalue weighted by Gasteiger charge is 1.96. The van der Waals surface area contributed by atoms with Gasteiger partial charge in [-0.3, -0.25) is 0 Å². The number of ether oxygens (including phenoxy) is 1. The van der Waals surface area contributed by atoms with Crippen molar-refractivity contribution in [3.63, 3.8) is 0 Å². The van der Waals surface area contributed by atoms with Gasteiger partial charge in [0.05, 0.1) is 13.2 Å². The summed E-state index contributed by atoms with van der Waals surface area (Å²) >= 11 is 1.90. The van der Waals surface area contributed by atoms with Gasteiger partial charge in [-0.2, -0.15) is 11.8 Å². The fourth-order valence-corrected chi connectivity index (χ4v) is 1.95. The Morgan fingerprint density at radius 3 is 2.61 bits per heavy atom. The summed E-state index contributed by atoms with van der Waals surface area (Å²) < 4.78 is 5.63. The lowest BCUT2D eigenvalue weighted by atomic mass is 10.2. The molecule has 0 amide bonds. The zero-order valence-electron chi connectivity index (χ0n) is 11.0. The first-order chi connectivity index (χ1) is 8.72. The molecule has 0 aliphatic rings. The van der Waals surface area contributed by atoms with E-state index in [-0.39, 0.29) is 6.61 Å². The Morgan fingerprint density at radius 2 is 2.00 bits per heavy atom. The van der Waals surface area contributed by atoms with Crippen molar-refractivity contribution in [2.75, 3.05) is 19.0 Å². The molecule has 18 heavy (non-hydrogen) atoms. The molecule has 0 bridgehead atoms. The van der Waals surface area contributed by atoms with Crippen LogP contribution < -0.4 is 4.74 Å². The summed E-state index contributed by atoms with van der Waals surface area (Å²) in [5.74, 6) is 7.77. The standard InChI is InChI=1S/C15H20O2S/c1-13(2)18-12-11-17-15-8-6-14(7-9-15)5-3-4-10-16/h6-9,13,16H,4,10-12H2,1-2H3. The van der Waals surface area contributed by atoms with Crippen molar-refractivity contribution in [1.82, 2.24) is 0 Å². The minimum Gasteiger partial charge on any atom is -0.493 e. The lowest BCUT2D eigenvalue weighted by Crippen LogP contribution is -2.02. The zero-order valence-corrected chi connectivity index (χ0v) is 11.8. The van der Waals surface area contributed by atoms with Crippen LogP contribution in [-0.4, -0.2) is 29.3 Å². The Balaban J connectivity index is 2.34. The minimum atomic E-state index is 0.113. The van der Waals surface area contributed by atoms with Crippen molar-refractivity contribution in [2.24, 2.45) is 0 Å². The van der Waals surface area contributed by atoms with Gasteiger partial charge in [0.15, 0.2) is 0 Å². The van der Waals surface area contributed by atoms with Crippen molar-refractivity contribution in [2.45, 2.75) is 25.5 Å². The summed E-state index contributed by atoms with van der Waals surface area (Å²) in [6, 6.07) is 7.75. The van der Waals surface area contributed by atoms with Gasteiger partial charge in [-0.15, -0.1) is 0 Å². The number of thioether (sulfide) groups is 1. The average Bonchev–Trinajstić information content (AvgIpc) is 2.36. The predicted molar refractivity (Wildman–Crippen MR) is 78.1 cm³/mol. The van der Waals surface area contributed by atoms with Crippen LogP contribution in [0, 0.1) is 11.8 Å². The number of aliphatic hydroxyl groups excluding tert-OH is 1. The van der Waals surface area contributed by atoms with E-state index in [1.54, 1.807) is 0 Å². The molecule has 0 aliphatic heterocycles. The molecule has 0 heterocycles. The van der Waals surface area contributed by atoms with Gasteiger partial charge in [0.25, 0.3) is 0 Å². The molecular formula is C15H20O2S. The van der Waals surface area contributed by atoms with Gasteiger partial charge in [-0.05, 0) is 29.5 Å². The van der Waals surface area contributed by atoms with Crippen LogP contribution in [0.5, 0.6) is 5.75 Å². The molecule has 0 aromatic heterocycles. The molecule has 1 rings (SSSR count). The second-order valence-corrected chi connectivity index (χ2v) is 5.75. The lowest BCUT2D eigenvalue weighted by molar-refractivity contribution is 0.305. The quantitative estimate of drug-likeness (QED) is 0.633. The molecule has 0 fully saturated rings. The van der Waals surface area contributed by atoms with Crippen LogP contribution >= 0.6 is 11.8 Å². The van der Waals surface area contributed by atoms with Gasteiger partial charge in [-0.25, -0.2) is 0 Å². The summed E-state index contributed by atoms with van der Waals surface area (Å²) in [5.41, 5.74) is 0.951. The van der Waals surface area contributed by atoms with Crippen molar-refractivity contribution in [1.29, 1.82) is 0 Å². The topological polar surface area (TPSA) is 29.5 Å². The van der Waals surface area contributed by atoms with Crippen LogP contribution in [0.1, 0.15) is 25.8 Å².